The van der Waals surface area contributed by atoms with E-state index >= 15 is 0 Å². The molecule has 0 aliphatic heterocycles. The van der Waals surface area contributed by atoms with Crippen LogP contribution in [0.5, 0.6) is 0 Å². The van der Waals surface area contributed by atoms with Crippen molar-refractivity contribution in [2.45, 2.75) is 12.8 Å². The Labute approximate surface area is 112 Å². The van der Waals surface area contributed by atoms with Crippen LogP contribution in [0.2, 0.25) is 0 Å². The number of hydrogen-bond donors (Lipinski definition) is 2. The Morgan fingerprint density at radius 3 is 2.68 bits per heavy atom. The van der Waals surface area contributed by atoms with Gasteiger partial charge in [0.25, 0.3) is 0 Å². The van der Waals surface area contributed by atoms with Gasteiger partial charge in [0.05, 0.1) is 18.0 Å². The lowest BCUT2D eigenvalue weighted by Crippen LogP contribution is -2.20. The number of nitrogens with one attached hydrogen (secondary N) is 1. The van der Waals surface area contributed by atoms with Gasteiger partial charge < -0.3 is 9.84 Å². The van der Waals surface area contributed by atoms with Crippen molar-refractivity contribution in [3.05, 3.63) is 29.8 Å². The number of aryl methyl sites for hydroxylation is 1. The van der Waals surface area contributed by atoms with Gasteiger partial charge in [-0.05, 0) is 18.1 Å². The molecule has 0 saturated heterocycles. The van der Waals surface area contributed by atoms with Crippen molar-refractivity contribution in [1.29, 1.82) is 0 Å². The molecule has 1 aromatic carbocycles. The molecule has 0 aliphatic carbocycles. The Hall–Kier alpha value is -1.60. The topological polar surface area (TPSA) is 92.7 Å². The summed E-state index contributed by atoms with van der Waals surface area (Å²) in [6, 6.07) is 6.75. The summed E-state index contributed by atoms with van der Waals surface area (Å²) in [5, 5.41) is 8.66. The van der Waals surface area contributed by atoms with E-state index in [4.69, 9.17) is 9.84 Å². The molecule has 0 atom stereocenters. The number of para-hydroxylation sites is 1. The highest BCUT2D eigenvalue weighted by atomic mass is 32.2. The maximum Gasteiger partial charge on any atom is 0.303 e. The third-order valence-corrected chi connectivity index (χ3v) is 3.68. The number of rotatable bonds is 8. The van der Waals surface area contributed by atoms with Gasteiger partial charge in [-0.25, -0.2) is 8.42 Å². The normalized spacial score (nSPS) is 11.2. The number of carboxylic acid groups (broad SMARTS) is 1. The van der Waals surface area contributed by atoms with Crippen molar-refractivity contribution < 1.29 is 23.1 Å². The fourth-order valence-corrected chi connectivity index (χ4v) is 2.51. The molecule has 0 aromatic heterocycles. The van der Waals surface area contributed by atoms with Gasteiger partial charge in [0.2, 0.25) is 10.0 Å². The fraction of sp³-hybridized carbons (Fsp3) is 0.417. The Balaban J connectivity index is 2.80. The van der Waals surface area contributed by atoms with Gasteiger partial charge in [-0.2, -0.15) is 0 Å². The standard InChI is InChI=1S/C12H17NO5S/c1-18-8-9-19(16,17)13-11-5-3-2-4-10(11)6-7-12(14)15/h2-5,13H,6-9H2,1H3,(H,14,15). The number of hydrogen-bond acceptors (Lipinski definition) is 4. The summed E-state index contributed by atoms with van der Waals surface area (Å²) in [4.78, 5) is 10.6. The van der Waals surface area contributed by atoms with E-state index in [1.165, 1.54) is 7.11 Å². The second-order valence-electron chi connectivity index (χ2n) is 3.96. The molecule has 7 heteroatoms. The van der Waals surface area contributed by atoms with E-state index in [1.54, 1.807) is 24.3 Å². The van der Waals surface area contributed by atoms with Crippen molar-refractivity contribution in [2.24, 2.45) is 0 Å². The van der Waals surface area contributed by atoms with Gasteiger partial charge in [-0.1, -0.05) is 18.2 Å². The summed E-state index contributed by atoms with van der Waals surface area (Å²) in [5.41, 5.74) is 1.07. The van der Waals surface area contributed by atoms with Gasteiger partial charge in [0, 0.05) is 13.5 Å². The highest BCUT2D eigenvalue weighted by Crippen LogP contribution is 2.18. The van der Waals surface area contributed by atoms with Crippen LogP contribution in [0.3, 0.4) is 0 Å². The second-order valence-corrected chi connectivity index (χ2v) is 5.81. The number of carbonyl (C=O) groups is 1. The van der Waals surface area contributed by atoms with Crippen LogP contribution in [0.1, 0.15) is 12.0 Å². The van der Waals surface area contributed by atoms with Crippen molar-refractivity contribution in [3.63, 3.8) is 0 Å². The lowest BCUT2D eigenvalue weighted by atomic mass is 10.1. The average Bonchev–Trinajstić information content (AvgIpc) is 2.35. The first-order chi connectivity index (χ1) is 8.94. The minimum Gasteiger partial charge on any atom is -0.481 e. The van der Waals surface area contributed by atoms with Gasteiger partial charge in [-0.15, -0.1) is 0 Å². The Kier molecular flexibility index (Phi) is 5.78. The lowest BCUT2D eigenvalue weighted by molar-refractivity contribution is -0.136. The second kappa shape index (κ2) is 7.10. The number of sulfonamides is 1. The summed E-state index contributed by atoms with van der Waals surface area (Å²) in [6.07, 6.45) is 0.231. The molecular formula is C12H17NO5S. The molecule has 0 unspecified atom stereocenters. The van der Waals surface area contributed by atoms with Crippen molar-refractivity contribution >= 4 is 21.7 Å². The van der Waals surface area contributed by atoms with Gasteiger partial charge in [0.1, 0.15) is 0 Å². The van der Waals surface area contributed by atoms with Crippen molar-refractivity contribution in [2.75, 3.05) is 24.2 Å². The molecule has 0 aliphatic rings. The molecule has 6 nitrogen and oxygen atoms in total. The molecule has 0 spiro atoms. The number of ether oxygens (including phenoxy) is 1. The quantitative estimate of drug-likeness (QED) is 0.746. The van der Waals surface area contributed by atoms with Crippen LogP contribution in [0.25, 0.3) is 0 Å². The molecule has 0 heterocycles. The number of benzene rings is 1. The van der Waals surface area contributed by atoms with Gasteiger partial charge >= 0.3 is 5.97 Å². The minimum atomic E-state index is -3.48. The third-order valence-electron chi connectivity index (χ3n) is 2.45. The number of aliphatic carboxylic acids is 1. The molecule has 1 aromatic rings. The molecule has 0 saturated carbocycles. The molecular weight excluding hydrogens is 270 g/mol. The first-order valence-electron chi connectivity index (χ1n) is 5.74. The number of carboxylic acids is 1. The zero-order valence-corrected chi connectivity index (χ0v) is 11.4. The van der Waals surface area contributed by atoms with Crippen LogP contribution >= 0.6 is 0 Å². The summed E-state index contributed by atoms with van der Waals surface area (Å²) in [7, 11) is -2.05. The maximum absolute atomic E-state index is 11.7. The van der Waals surface area contributed by atoms with E-state index in [-0.39, 0.29) is 25.2 Å². The number of anilines is 1. The zero-order chi connectivity index (χ0) is 14.3. The Morgan fingerprint density at radius 2 is 2.05 bits per heavy atom. The minimum absolute atomic E-state index is 0.0448. The Bertz CT molecular complexity index is 527. The smallest absolute Gasteiger partial charge is 0.303 e. The summed E-state index contributed by atoms with van der Waals surface area (Å²) in [6.45, 7) is 0.104. The molecule has 0 bridgehead atoms. The average molecular weight is 287 g/mol. The predicted octanol–water partition coefficient (Wildman–Crippen LogP) is 1.09. The van der Waals surface area contributed by atoms with Crippen molar-refractivity contribution in [3.8, 4) is 0 Å². The fourth-order valence-electron chi connectivity index (χ4n) is 1.49. The zero-order valence-electron chi connectivity index (χ0n) is 10.6. The van der Waals surface area contributed by atoms with E-state index in [0.29, 0.717) is 11.3 Å². The molecule has 2 N–H and O–H groups in total. The first kappa shape index (κ1) is 15.5. The molecule has 0 fully saturated rings. The van der Waals surface area contributed by atoms with Crippen LogP contribution in [0, 0.1) is 0 Å². The SMILES string of the molecule is COCCS(=O)(=O)Nc1ccccc1CCC(=O)O. The molecule has 1 rings (SSSR count). The van der Waals surface area contributed by atoms with E-state index in [9.17, 15) is 13.2 Å². The monoisotopic (exact) mass is 287 g/mol. The maximum atomic E-state index is 11.7. The predicted molar refractivity (Wildman–Crippen MR) is 71.7 cm³/mol. The summed E-state index contributed by atoms with van der Waals surface area (Å²) in [5.74, 6) is -1.06. The molecule has 0 amide bonds. The third kappa shape index (κ3) is 5.71. The summed E-state index contributed by atoms with van der Waals surface area (Å²) < 4.78 is 30.7. The molecule has 106 valence electrons. The molecule has 19 heavy (non-hydrogen) atoms. The van der Waals surface area contributed by atoms with E-state index in [0.717, 1.165) is 0 Å². The van der Waals surface area contributed by atoms with Crippen LogP contribution in [0.4, 0.5) is 5.69 Å². The summed E-state index contributed by atoms with van der Waals surface area (Å²) >= 11 is 0. The first-order valence-corrected chi connectivity index (χ1v) is 7.39. The van der Waals surface area contributed by atoms with Crippen LogP contribution in [-0.4, -0.2) is 39.0 Å². The Morgan fingerprint density at radius 1 is 1.37 bits per heavy atom. The van der Waals surface area contributed by atoms with E-state index < -0.39 is 16.0 Å². The highest BCUT2D eigenvalue weighted by Gasteiger charge is 2.12. The number of methoxy groups -OCH3 is 1. The lowest BCUT2D eigenvalue weighted by Gasteiger charge is -2.11. The van der Waals surface area contributed by atoms with Crippen LogP contribution < -0.4 is 4.72 Å². The molecule has 0 radical (unpaired) electrons. The highest BCUT2D eigenvalue weighted by molar-refractivity contribution is 7.92. The van der Waals surface area contributed by atoms with Gasteiger partial charge in [0.15, 0.2) is 0 Å². The van der Waals surface area contributed by atoms with Crippen molar-refractivity contribution in [1.82, 2.24) is 0 Å². The largest absolute Gasteiger partial charge is 0.481 e. The van der Waals surface area contributed by atoms with Crippen LogP contribution in [0.15, 0.2) is 24.3 Å². The van der Waals surface area contributed by atoms with Crippen LogP contribution in [-0.2, 0) is 26.0 Å². The van der Waals surface area contributed by atoms with E-state index in [1.807, 2.05) is 0 Å². The van der Waals surface area contributed by atoms with Gasteiger partial charge in [-0.3, -0.25) is 9.52 Å². The van der Waals surface area contributed by atoms with E-state index in [2.05, 4.69) is 4.72 Å².